The molecular weight excluding hydrogens is 368 g/mol. The molecule has 0 unspecified atom stereocenters. The van der Waals surface area contributed by atoms with Crippen LogP contribution in [0.1, 0.15) is 18.1 Å². The van der Waals surface area contributed by atoms with Gasteiger partial charge in [0, 0.05) is 25.0 Å². The zero-order valence-corrected chi connectivity index (χ0v) is 16.4. The topological polar surface area (TPSA) is 59.8 Å². The second-order valence-corrected chi connectivity index (χ2v) is 8.02. The highest BCUT2D eigenvalue weighted by molar-refractivity contribution is 7.13. The van der Waals surface area contributed by atoms with Crippen LogP contribution >= 0.6 is 11.3 Å². The lowest BCUT2D eigenvalue weighted by molar-refractivity contribution is 0.769. The van der Waals surface area contributed by atoms with Crippen LogP contribution in [0.25, 0.3) is 21.5 Å². The molecule has 5 rings (SSSR count). The molecular formula is C22H20N4OS. The lowest BCUT2D eigenvalue weighted by Gasteiger charge is -2.15. The fourth-order valence-corrected chi connectivity index (χ4v) is 4.64. The number of rotatable bonds is 4. The lowest BCUT2D eigenvalue weighted by atomic mass is 10.1. The van der Waals surface area contributed by atoms with Gasteiger partial charge in [0.2, 0.25) is 0 Å². The van der Waals surface area contributed by atoms with E-state index in [4.69, 9.17) is 0 Å². The van der Waals surface area contributed by atoms with Crippen molar-refractivity contribution in [3.8, 4) is 10.4 Å². The lowest BCUT2D eigenvalue weighted by Crippen LogP contribution is -2.20. The fraction of sp³-hybridized carbons (Fsp3) is 0.227. The van der Waals surface area contributed by atoms with Crippen LogP contribution < -0.4 is 10.7 Å². The first-order valence-corrected chi connectivity index (χ1v) is 10.4. The summed E-state index contributed by atoms with van der Waals surface area (Å²) in [4.78, 5) is 22.8. The molecule has 1 N–H and O–H groups in total. The summed E-state index contributed by atoms with van der Waals surface area (Å²) in [6.45, 7) is 2.81. The normalized spacial score (nSPS) is 13.8. The predicted octanol–water partition coefficient (Wildman–Crippen LogP) is 4.12. The Kier molecular flexibility index (Phi) is 4.20. The van der Waals surface area contributed by atoms with Crippen molar-refractivity contribution in [2.75, 3.05) is 5.32 Å². The molecule has 28 heavy (non-hydrogen) atoms. The zero-order chi connectivity index (χ0) is 19.1. The molecule has 140 valence electrons. The number of hydrogen-bond donors (Lipinski definition) is 1. The van der Waals surface area contributed by atoms with E-state index < -0.39 is 0 Å². The van der Waals surface area contributed by atoms with Crippen molar-refractivity contribution >= 4 is 28.1 Å². The largest absolute Gasteiger partial charge is 0.380 e. The molecule has 1 aromatic carbocycles. The molecule has 3 heterocycles. The van der Waals surface area contributed by atoms with Crippen molar-refractivity contribution in [1.29, 1.82) is 0 Å². The highest BCUT2D eigenvalue weighted by Gasteiger charge is 2.21. The van der Waals surface area contributed by atoms with Crippen LogP contribution in [0.5, 0.6) is 0 Å². The maximum Gasteiger partial charge on any atom is 0.199 e. The van der Waals surface area contributed by atoms with Gasteiger partial charge in [-0.05, 0) is 37.0 Å². The highest BCUT2D eigenvalue weighted by Crippen LogP contribution is 2.26. The zero-order valence-electron chi connectivity index (χ0n) is 15.6. The van der Waals surface area contributed by atoms with E-state index in [1.807, 2.05) is 23.0 Å². The van der Waals surface area contributed by atoms with Crippen LogP contribution in [0.3, 0.4) is 0 Å². The predicted molar refractivity (Wildman–Crippen MR) is 114 cm³/mol. The van der Waals surface area contributed by atoms with Gasteiger partial charge in [-0.25, -0.2) is 4.98 Å². The third kappa shape index (κ3) is 2.90. The molecule has 0 aliphatic heterocycles. The smallest absolute Gasteiger partial charge is 0.199 e. The van der Waals surface area contributed by atoms with Gasteiger partial charge in [-0.3, -0.25) is 9.78 Å². The minimum Gasteiger partial charge on any atom is -0.380 e. The molecule has 5 nitrogen and oxygen atoms in total. The summed E-state index contributed by atoms with van der Waals surface area (Å²) in [6.07, 6.45) is 7.47. The number of pyridine rings is 2. The van der Waals surface area contributed by atoms with Crippen molar-refractivity contribution in [1.82, 2.24) is 14.5 Å². The number of nitrogens with one attached hydrogen (secondary N) is 1. The minimum absolute atomic E-state index is 0.00908. The van der Waals surface area contributed by atoms with Gasteiger partial charge in [-0.1, -0.05) is 24.3 Å². The second-order valence-electron chi connectivity index (χ2n) is 7.14. The second kappa shape index (κ2) is 6.87. The molecule has 1 aliphatic carbocycles. The van der Waals surface area contributed by atoms with Crippen molar-refractivity contribution in [3.63, 3.8) is 0 Å². The summed E-state index contributed by atoms with van der Waals surface area (Å²) in [5.41, 5.74) is 6.86. The van der Waals surface area contributed by atoms with Crippen LogP contribution in [0, 0.1) is 0 Å². The summed E-state index contributed by atoms with van der Waals surface area (Å²) >= 11 is 1.48. The Morgan fingerprint density at radius 1 is 1.21 bits per heavy atom. The first-order valence-electron chi connectivity index (χ1n) is 9.48. The summed E-state index contributed by atoms with van der Waals surface area (Å²) in [5.74, 6) is 0. The van der Waals surface area contributed by atoms with Crippen molar-refractivity contribution in [2.45, 2.75) is 32.4 Å². The van der Waals surface area contributed by atoms with Crippen molar-refractivity contribution in [3.05, 3.63) is 75.8 Å². The van der Waals surface area contributed by atoms with Crippen LogP contribution in [0.2, 0.25) is 0 Å². The maximum absolute atomic E-state index is 13.2. The molecule has 0 radical (unpaired) electrons. The highest BCUT2D eigenvalue weighted by atomic mass is 32.1. The van der Waals surface area contributed by atoms with Gasteiger partial charge in [-0.2, -0.15) is 0 Å². The summed E-state index contributed by atoms with van der Waals surface area (Å²) in [6, 6.07) is 10.8. The maximum atomic E-state index is 13.2. The fourth-order valence-electron chi connectivity index (χ4n) is 4.02. The number of thiazole rings is 1. The first kappa shape index (κ1) is 17.1. The van der Waals surface area contributed by atoms with E-state index in [0.29, 0.717) is 17.0 Å². The number of fused-ring (bicyclic) bond motifs is 2. The number of aryl methyl sites for hydroxylation is 1. The molecule has 0 bridgehead atoms. The number of benzene rings is 1. The van der Waals surface area contributed by atoms with Crippen LogP contribution in [-0.4, -0.2) is 20.6 Å². The summed E-state index contributed by atoms with van der Waals surface area (Å²) < 4.78 is 2.03. The molecule has 0 saturated heterocycles. The number of nitrogens with zero attached hydrogens (tertiary/aromatic N) is 3. The molecule has 0 fully saturated rings. The van der Waals surface area contributed by atoms with E-state index in [2.05, 4.69) is 46.5 Å². The van der Waals surface area contributed by atoms with Crippen LogP contribution in [0.15, 0.2) is 59.2 Å². The molecule has 3 aromatic heterocycles. The van der Waals surface area contributed by atoms with Gasteiger partial charge in [0.05, 0.1) is 33.2 Å². The Morgan fingerprint density at radius 2 is 2.00 bits per heavy atom. The molecule has 6 heteroatoms. The average molecular weight is 388 g/mol. The minimum atomic E-state index is 0.00908. The van der Waals surface area contributed by atoms with Crippen molar-refractivity contribution in [2.24, 2.45) is 0 Å². The van der Waals surface area contributed by atoms with Gasteiger partial charge in [0.15, 0.2) is 5.43 Å². The molecule has 1 aliphatic rings. The Balaban J connectivity index is 1.54. The average Bonchev–Trinajstić information content (AvgIpc) is 3.38. The Labute approximate surface area is 166 Å². The Bertz CT molecular complexity index is 1190. The summed E-state index contributed by atoms with van der Waals surface area (Å²) in [7, 11) is 0. The van der Waals surface area contributed by atoms with E-state index in [9.17, 15) is 4.79 Å². The van der Waals surface area contributed by atoms with E-state index in [0.717, 1.165) is 35.6 Å². The van der Waals surface area contributed by atoms with Crippen LogP contribution in [0.4, 0.5) is 5.69 Å². The Hall–Kier alpha value is -2.99. The van der Waals surface area contributed by atoms with E-state index in [1.165, 1.54) is 22.5 Å². The number of anilines is 1. The molecule has 4 aromatic rings. The quantitative estimate of drug-likeness (QED) is 0.571. The first-order chi connectivity index (χ1) is 13.7. The summed E-state index contributed by atoms with van der Waals surface area (Å²) in [5, 5.41) is 4.23. The molecule has 0 atom stereocenters. The third-order valence-electron chi connectivity index (χ3n) is 5.37. The van der Waals surface area contributed by atoms with E-state index in [-0.39, 0.29) is 5.43 Å². The molecule has 0 saturated carbocycles. The molecule has 0 amide bonds. The van der Waals surface area contributed by atoms with Gasteiger partial charge < -0.3 is 9.88 Å². The van der Waals surface area contributed by atoms with Gasteiger partial charge in [-0.15, -0.1) is 11.3 Å². The van der Waals surface area contributed by atoms with Crippen molar-refractivity contribution < 1.29 is 0 Å². The third-order valence-corrected chi connectivity index (χ3v) is 6.18. The van der Waals surface area contributed by atoms with Gasteiger partial charge in [0.1, 0.15) is 5.65 Å². The van der Waals surface area contributed by atoms with Gasteiger partial charge in [0.25, 0.3) is 0 Å². The monoisotopic (exact) mass is 388 g/mol. The van der Waals surface area contributed by atoms with Gasteiger partial charge >= 0.3 is 0 Å². The SMILES string of the molecule is CCn1cc(-c2cncs2)c(=O)c2cc(NC3Cc4ccccc4C3)cnc21. The Morgan fingerprint density at radius 3 is 2.68 bits per heavy atom. The van der Waals surface area contributed by atoms with E-state index in [1.54, 1.807) is 11.7 Å². The standard InChI is InChI=1S/C22H20N4OS/c1-2-26-12-19(20-11-23-13-28-20)21(27)18-9-17(10-24-22(18)26)25-16-7-14-5-3-4-6-15(14)8-16/h3-6,9-13,16,25H,2,7-8H2,1H3. The van der Waals surface area contributed by atoms with E-state index >= 15 is 0 Å². The molecule has 0 spiro atoms. The number of aromatic nitrogens is 3. The number of hydrogen-bond acceptors (Lipinski definition) is 5. The van der Waals surface area contributed by atoms with Crippen LogP contribution in [-0.2, 0) is 19.4 Å².